The van der Waals surface area contributed by atoms with Gasteiger partial charge in [-0.1, -0.05) is 275 Å². The van der Waals surface area contributed by atoms with Crippen LogP contribution in [-0.4, -0.2) is 0 Å². The van der Waals surface area contributed by atoms with E-state index in [1.165, 1.54) is 94.6 Å². The lowest BCUT2D eigenvalue weighted by molar-refractivity contribution is 0.617. The van der Waals surface area contributed by atoms with Crippen LogP contribution in [0.2, 0.25) is 0 Å². The lowest BCUT2D eigenvalue weighted by atomic mass is 9.77. The molecule has 3 atom stereocenters. The molecule has 10 rings (SSSR count). The zero-order valence-electron chi connectivity index (χ0n) is 39.3. The molecule has 0 fully saturated rings. The number of hydrogen-bond acceptors (Lipinski definition) is 0. The molecule has 3 unspecified atom stereocenters. The molecule has 0 aliphatic carbocycles. The van der Waals surface area contributed by atoms with Crippen LogP contribution in [0.3, 0.4) is 0 Å². The topological polar surface area (TPSA) is 0 Å². The Morgan fingerprint density at radius 3 is 1.04 bits per heavy atom. The second-order valence-electron chi connectivity index (χ2n) is 18.6. The van der Waals surface area contributed by atoms with Gasteiger partial charge in [-0.15, -0.1) is 0 Å². The molecule has 10 aromatic carbocycles. The van der Waals surface area contributed by atoms with Crippen molar-refractivity contribution in [1.29, 1.82) is 0 Å². The van der Waals surface area contributed by atoms with Crippen molar-refractivity contribution in [2.45, 2.75) is 50.9 Å². The second kappa shape index (κ2) is 20.4. The van der Waals surface area contributed by atoms with Crippen molar-refractivity contribution in [2.75, 3.05) is 0 Å². The van der Waals surface area contributed by atoms with Gasteiger partial charge < -0.3 is 0 Å². The van der Waals surface area contributed by atoms with Gasteiger partial charge in [0.1, 0.15) is 0 Å². The molecular formula is C68H58. The van der Waals surface area contributed by atoms with Gasteiger partial charge in [-0.05, 0) is 120 Å². The van der Waals surface area contributed by atoms with Crippen molar-refractivity contribution < 1.29 is 0 Å². The van der Waals surface area contributed by atoms with Crippen molar-refractivity contribution in [3.05, 3.63) is 300 Å². The van der Waals surface area contributed by atoms with Crippen LogP contribution in [-0.2, 0) is 0 Å². The molecule has 0 bridgehead atoms. The zero-order valence-corrected chi connectivity index (χ0v) is 39.3. The Balaban J connectivity index is 0.859. The normalized spacial score (nSPS) is 12.6. The molecule has 0 amide bonds. The molecule has 0 saturated carbocycles. The SMILES string of the molecule is Cc1cc(-c2ccccc2)ccc1-c1ccc(C(c2ccccc2)C(C)c2ccc(-c3ccc(C(C)CC(c4ccc(-c5ccccc5)cc4)c4ccc(-c5ccccc5)cc4)cc3)cc2)cc1. The van der Waals surface area contributed by atoms with Crippen LogP contribution in [0.1, 0.15) is 82.9 Å². The van der Waals surface area contributed by atoms with Gasteiger partial charge in [-0.2, -0.15) is 0 Å². The van der Waals surface area contributed by atoms with Crippen LogP contribution in [0.15, 0.2) is 261 Å². The lowest BCUT2D eigenvalue weighted by Crippen LogP contribution is -2.10. The number of aryl methyl sites for hydroxylation is 1. The van der Waals surface area contributed by atoms with E-state index >= 15 is 0 Å². The van der Waals surface area contributed by atoms with Crippen molar-refractivity contribution >= 4 is 0 Å². The van der Waals surface area contributed by atoms with Crippen LogP contribution >= 0.6 is 0 Å². The summed E-state index contributed by atoms with van der Waals surface area (Å²) in [5, 5.41) is 0. The van der Waals surface area contributed by atoms with Crippen molar-refractivity contribution in [2.24, 2.45) is 0 Å². The first-order valence-electron chi connectivity index (χ1n) is 24.3. The van der Waals surface area contributed by atoms with Gasteiger partial charge in [-0.25, -0.2) is 0 Å². The van der Waals surface area contributed by atoms with Gasteiger partial charge in [0.25, 0.3) is 0 Å². The molecule has 68 heavy (non-hydrogen) atoms. The highest BCUT2D eigenvalue weighted by molar-refractivity contribution is 5.74. The van der Waals surface area contributed by atoms with Crippen LogP contribution < -0.4 is 0 Å². The van der Waals surface area contributed by atoms with E-state index in [2.05, 4.69) is 282 Å². The summed E-state index contributed by atoms with van der Waals surface area (Å²) in [7, 11) is 0. The Hall–Kier alpha value is -7.80. The molecule has 10 aromatic rings. The van der Waals surface area contributed by atoms with E-state index in [-0.39, 0.29) is 17.8 Å². The van der Waals surface area contributed by atoms with Crippen LogP contribution in [0.25, 0.3) is 55.6 Å². The lowest BCUT2D eigenvalue weighted by Gasteiger charge is -2.26. The predicted molar refractivity (Wildman–Crippen MR) is 289 cm³/mol. The van der Waals surface area contributed by atoms with Crippen LogP contribution in [0.5, 0.6) is 0 Å². The monoisotopic (exact) mass is 874 g/mol. The molecule has 0 spiro atoms. The Morgan fingerprint density at radius 2 is 0.603 bits per heavy atom. The van der Waals surface area contributed by atoms with Crippen LogP contribution in [0, 0.1) is 6.92 Å². The van der Waals surface area contributed by atoms with Crippen molar-refractivity contribution in [3.63, 3.8) is 0 Å². The summed E-state index contributed by atoms with van der Waals surface area (Å²) in [6.07, 6.45) is 1.01. The minimum absolute atomic E-state index is 0.214. The fraction of sp³-hybridized carbons (Fsp3) is 0.118. The van der Waals surface area contributed by atoms with Crippen LogP contribution in [0.4, 0.5) is 0 Å². The number of rotatable bonds is 14. The smallest absolute Gasteiger partial charge is 0.0155 e. The molecule has 0 radical (unpaired) electrons. The van der Waals surface area contributed by atoms with Crippen molar-refractivity contribution in [3.8, 4) is 55.6 Å². The molecule has 0 aliphatic heterocycles. The van der Waals surface area contributed by atoms with Gasteiger partial charge in [0, 0.05) is 11.8 Å². The summed E-state index contributed by atoms with van der Waals surface area (Å²) in [6, 6.07) is 96.2. The first kappa shape index (κ1) is 44.1. The third-order valence-electron chi connectivity index (χ3n) is 14.3. The summed E-state index contributed by atoms with van der Waals surface area (Å²) < 4.78 is 0. The Morgan fingerprint density at radius 1 is 0.279 bits per heavy atom. The summed E-state index contributed by atoms with van der Waals surface area (Å²) in [5.74, 6) is 1.09. The maximum absolute atomic E-state index is 2.38. The third kappa shape index (κ3) is 9.83. The fourth-order valence-corrected chi connectivity index (χ4v) is 10.3. The van der Waals surface area contributed by atoms with E-state index in [4.69, 9.17) is 0 Å². The van der Waals surface area contributed by atoms with E-state index in [1.54, 1.807) is 0 Å². The summed E-state index contributed by atoms with van der Waals surface area (Å²) in [5.41, 5.74) is 21.8. The molecule has 0 saturated heterocycles. The van der Waals surface area contributed by atoms with Gasteiger partial charge in [0.05, 0.1) is 0 Å². The second-order valence-corrected chi connectivity index (χ2v) is 18.6. The Bertz CT molecular complexity index is 3070. The standard InChI is InChI=1S/C68H58/c1-48(47-67(61-36-32-56(33-37-61)53-16-8-4-9-17-53)62-38-34-57(35-39-62)54-18-10-5-11-19-54)51-24-28-58(29-25-51)59-30-26-52(27-31-59)50(3)68(63-22-14-7-15-23-63)64-42-40-60(41-43-64)66-45-44-65(46-49(66)2)55-20-12-6-13-21-55/h4-46,48,50,67-68H,47H2,1-3H3. The molecule has 0 heteroatoms. The minimum Gasteiger partial charge on any atom is -0.0622 e. The highest BCUT2D eigenvalue weighted by Crippen LogP contribution is 2.41. The van der Waals surface area contributed by atoms with E-state index in [0.717, 1.165) is 6.42 Å². The minimum atomic E-state index is 0.214. The van der Waals surface area contributed by atoms with Crippen molar-refractivity contribution in [1.82, 2.24) is 0 Å². The van der Waals surface area contributed by atoms with E-state index in [9.17, 15) is 0 Å². The molecule has 0 heterocycles. The summed E-state index contributed by atoms with van der Waals surface area (Å²) in [4.78, 5) is 0. The molecule has 0 aromatic heterocycles. The van der Waals surface area contributed by atoms with E-state index in [1.807, 2.05) is 0 Å². The Labute approximate surface area is 404 Å². The third-order valence-corrected chi connectivity index (χ3v) is 14.3. The molecule has 0 aliphatic rings. The average molecular weight is 875 g/mol. The largest absolute Gasteiger partial charge is 0.0622 e. The zero-order chi connectivity index (χ0) is 46.2. The predicted octanol–water partition coefficient (Wildman–Crippen LogP) is 18.6. The number of hydrogen-bond donors (Lipinski definition) is 0. The molecule has 0 nitrogen and oxygen atoms in total. The maximum Gasteiger partial charge on any atom is 0.0155 e. The summed E-state index contributed by atoms with van der Waals surface area (Å²) in [6.45, 7) is 6.99. The average Bonchev–Trinajstić information content (AvgIpc) is 3.41. The van der Waals surface area contributed by atoms with E-state index < -0.39 is 0 Å². The van der Waals surface area contributed by atoms with Gasteiger partial charge in [0.2, 0.25) is 0 Å². The van der Waals surface area contributed by atoms with Gasteiger partial charge in [0.15, 0.2) is 0 Å². The fourth-order valence-electron chi connectivity index (χ4n) is 10.3. The van der Waals surface area contributed by atoms with E-state index in [0.29, 0.717) is 5.92 Å². The quantitative estimate of drug-likeness (QED) is 0.102. The first-order valence-corrected chi connectivity index (χ1v) is 24.3. The maximum atomic E-state index is 2.38. The van der Waals surface area contributed by atoms with Gasteiger partial charge >= 0.3 is 0 Å². The first-order chi connectivity index (χ1) is 33.4. The highest BCUT2D eigenvalue weighted by atomic mass is 14.3. The van der Waals surface area contributed by atoms with Gasteiger partial charge in [-0.3, -0.25) is 0 Å². The molecule has 330 valence electrons. The number of benzene rings is 10. The molecule has 0 N–H and O–H groups in total. The highest BCUT2D eigenvalue weighted by Gasteiger charge is 2.24. The Kier molecular flexibility index (Phi) is 13.2. The molecular weight excluding hydrogens is 817 g/mol. The summed E-state index contributed by atoms with van der Waals surface area (Å²) >= 11 is 0.